The smallest absolute Gasteiger partial charge is 0.277 e. The summed E-state index contributed by atoms with van der Waals surface area (Å²) in [5.74, 6) is 1.97. The van der Waals surface area contributed by atoms with Crippen molar-refractivity contribution in [2.75, 3.05) is 12.4 Å². The first kappa shape index (κ1) is 16.9. The molecule has 0 amide bonds. The first-order chi connectivity index (χ1) is 11.7. The van der Waals surface area contributed by atoms with Gasteiger partial charge in [0.1, 0.15) is 11.4 Å². The van der Waals surface area contributed by atoms with Crippen LogP contribution in [0, 0.1) is 0 Å². The molecule has 0 fully saturated rings. The number of aromatic nitrogens is 4. The minimum atomic E-state index is 0.478. The SMILES string of the molecule is CCc1cc(-c2nnc(SCCOc3ccc(Cl)cc3)o2)n(C)n1. The first-order valence-electron chi connectivity index (χ1n) is 7.53. The number of aryl methyl sites for hydroxylation is 2. The molecule has 0 unspecified atom stereocenters. The monoisotopic (exact) mass is 364 g/mol. The van der Waals surface area contributed by atoms with Gasteiger partial charge >= 0.3 is 0 Å². The summed E-state index contributed by atoms with van der Waals surface area (Å²) in [5, 5.41) is 13.7. The second-order valence-electron chi connectivity index (χ2n) is 5.02. The molecule has 2 heterocycles. The molecular weight excluding hydrogens is 348 g/mol. The van der Waals surface area contributed by atoms with Crippen molar-refractivity contribution in [3.63, 3.8) is 0 Å². The second-order valence-corrected chi connectivity index (χ2v) is 6.50. The Kier molecular flexibility index (Phi) is 5.42. The van der Waals surface area contributed by atoms with E-state index in [0.717, 1.165) is 23.6 Å². The van der Waals surface area contributed by atoms with Gasteiger partial charge in [-0.2, -0.15) is 5.10 Å². The third kappa shape index (κ3) is 4.10. The normalized spacial score (nSPS) is 11.0. The maximum Gasteiger partial charge on any atom is 0.277 e. The highest BCUT2D eigenvalue weighted by Crippen LogP contribution is 2.24. The van der Waals surface area contributed by atoms with E-state index >= 15 is 0 Å². The largest absolute Gasteiger partial charge is 0.493 e. The average molecular weight is 365 g/mol. The van der Waals surface area contributed by atoms with Crippen LogP contribution >= 0.6 is 23.4 Å². The third-order valence-corrected chi connectivity index (χ3v) is 4.34. The Morgan fingerprint density at radius 1 is 1.25 bits per heavy atom. The van der Waals surface area contributed by atoms with E-state index in [1.54, 1.807) is 16.8 Å². The van der Waals surface area contributed by atoms with Crippen molar-refractivity contribution in [3.8, 4) is 17.3 Å². The van der Waals surface area contributed by atoms with Crippen molar-refractivity contribution >= 4 is 23.4 Å². The van der Waals surface area contributed by atoms with E-state index < -0.39 is 0 Å². The van der Waals surface area contributed by atoms with E-state index in [-0.39, 0.29) is 0 Å². The molecule has 0 bridgehead atoms. The Morgan fingerprint density at radius 3 is 2.75 bits per heavy atom. The lowest BCUT2D eigenvalue weighted by Crippen LogP contribution is -1.99. The second kappa shape index (κ2) is 7.72. The molecule has 24 heavy (non-hydrogen) atoms. The number of thioether (sulfide) groups is 1. The van der Waals surface area contributed by atoms with Gasteiger partial charge in [-0.3, -0.25) is 4.68 Å². The number of hydrogen-bond acceptors (Lipinski definition) is 6. The summed E-state index contributed by atoms with van der Waals surface area (Å²) in [6, 6.07) is 9.24. The van der Waals surface area contributed by atoms with Gasteiger partial charge < -0.3 is 9.15 Å². The van der Waals surface area contributed by atoms with Crippen LogP contribution in [0.15, 0.2) is 40.0 Å². The highest BCUT2D eigenvalue weighted by atomic mass is 35.5. The van der Waals surface area contributed by atoms with Gasteiger partial charge in [0.25, 0.3) is 11.1 Å². The highest BCUT2D eigenvalue weighted by molar-refractivity contribution is 7.99. The maximum atomic E-state index is 5.83. The molecule has 3 rings (SSSR count). The molecule has 6 nitrogen and oxygen atoms in total. The molecule has 0 radical (unpaired) electrons. The maximum absolute atomic E-state index is 5.83. The summed E-state index contributed by atoms with van der Waals surface area (Å²) < 4.78 is 13.1. The van der Waals surface area contributed by atoms with E-state index in [1.165, 1.54) is 11.8 Å². The van der Waals surface area contributed by atoms with E-state index in [1.807, 2.05) is 25.2 Å². The molecule has 2 aromatic heterocycles. The van der Waals surface area contributed by atoms with Crippen molar-refractivity contribution in [3.05, 3.63) is 41.0 Å². The molecule has 0 N–H and O–H groups in total. The van der Waals surface area contributed by atoms with Crippen LogP contribution in [0.4, 0.5) is 0 Å². The predicted octanol–water partition coefficient (Wildman–Crippen LogP) is 3.86. The Bertz CT molecular complexity index is 801. The summed E-state index contributed by atoms with van der Waals surface area (Å²) in [6.45, 7) is 2.59. The van der Waals surface area contributed by atoms with Gasteiger partial charge in [-0.15, -0.1) is 10.2 Å². The number of benzene rings is 1. The molecule has 0 spiro atoms. The Morgan fingerprint density at radius 2 is 2.04 bits per heavy atom. The number of hydrogen-bond donors (Lipinski definition) is 0. The molecule has 126 valence electrons. The quantitative estimate of drug-likeness (QED) is 0.468. The van der Waals surface area contributed by atoms with Gasteiger partial charge in [-0.25, -0.2) is 0 Å². The van der Waals surface area contributed by atoms with Crippen LogP contribution in [-0.4, -0.2) is 32.3 Å². The van der Waals surface area contributed by atoms with Crippen LogP contribution in [0.3, 0.4) is 0 Å². The molecule has 0 saturated carbocycles. The summed E-state index contributed by atoms with van der Waals surface area (Å²) in [4.78, 5) is 0. The molecule has 0 saturated heterocycles. The standard InChI is InChI=1S/C16H17ClN4O2S/c1-3-12-10-14(21(2)20-12)15-18-19-16(23-15)24-9-8-22-13-6-4-11(17)5-7-13/h4-7,10H,3,8-9H2,1-2H3. The molecule has 0 atom stereocenters. The van der Waals surface area contributed by atoms with E-state index in [9.17, 15) is 0 Å². The summed E-state index contributed by atoms with van der Waals surface area (Å²) in [6.07, 6.45) is 0.867. The lowest BCUT2D eigenvalue weighted by Gasteiger charge is -2.04. The molecule has 0 aliphatic rings. The van der Waals surface area contributed by atoms with Crippen molar-refractivity contribution in [2.45, 2.75) is 18.6 Å². The zero-order valence-electron chi connectivity index (χ0n) is 13.4. The third-order valence-electron chi connectivity index (χ3n) is 3.31. The van der Waals surface area contributed by atoms with Gasteiger partial charge in [0, 0.05) is 17.8 Å². The van der Waals surface area contributed by atoms with Gasteiger partial charge in [0.05, 0.1) is 12.3 Å². The van der Waals surface area contributed by atoms with Crippen molar-refractivity contribution in [1.82, 2.24) is 20.0 Å². The minimum Gasteiger partial charge on any atom is -0.493 e. The van der Waals surface area contributed by atoms with Crippen LogP contribution in [0.5, 0.6) is 5.75 Å². The Balaban J connectivity index is 1.52. The van der Waals surface area contributed by atoms with Gasteiger partial charge in [0.15, 0.2) is 0 Å². The van der Waals surface area contributed by atoms with Crippen molar-refractivity contribution in [2.24, 2.45) is 7.05 Å². The predicted molar refractivity (Wildman–Crippen MR) is 93.5 cm³/mol. The van der Waals surface area contributed by atoms with Crippen LogP contribution in [0.2, 0.25) is 5.02 Å². The number of nitrogens with zero attached hydrogens (tertiary/aromatic N) is 4. The fraction of sp³-hybridized carbons (Fsp3) is 0.312. The number of ether oxygens (including phenoxy) is 1. The molecule has 8 heteroatoms. The molecule has 0 aliphatic carbocycles. The topological polar surface area (TPSA) is 66.0 Å². The molecule has 1 aromatic carbocycles. The lowest BCUT2D eigenvalue weighted by molar-refractivity contribution is 0.343. The van der Waals surface area contributed by atoms with Crippen LogP contribution in [-0.2, 0) is 13.5 Å². The highest BCUT2D eigenvalue weighted by Gasteiger charge is 2.14. The first-order valence-corrected chi connectivity index (χ1v) is 8.90. The lowest BCUT2D eigenvalue weighted by atomic mass is 10.3. The molecule has 0 aliphatic heterocycles. The summed E-state index contributed by atoms with van der Waals surface area (Å²) in [7, 11) is 1.87. The number of halogens is 1. The van der Waals surface area contributed by atoms with Crippen molar-refractivity contribution in [1.29, 1.82) is 0 Å². The Hall–Kier alpha value is -1.99. The zero-order chi connectivity index (χ0) is 16.9. The van der Waals surface area contributed by atoms with E-state index in [4.69, 9.17) is 20.8 Å². The van der Waals surface area contributed by atoms with Crippen molar-refractivity contribution < 1.29 is 9.15 Å². The van der Waals surface area contributed by atoms with Gasteiger partial charge in [0.2, 0.25) is 0 Å². The minimum absolute atomic E-state index is 0.478. The molecular formula is C16H17ClN4O2S. The number of rotatable bonds is 7. The Labute approximate surface area is 149 Å². The van der Waals surface area contributed by atoms with E-state index in [2.05, 4.69) is 22.2 Å². The van der Waals surface area contributed by atoms with Gasteiger partial charge in [-0.05, 0) is 36.8 Å². The fourth-order valence-corrected chi connectivity index (χ4v) is 2.79. The average Bonchev–Trinajstić information content (AvgIpc) is 3.19. The zero-order valence-corrected chi connectivity index (χ0v) is 15.0. The van der Waals surface area contributed by atoms with Crippen LogP contribution in [0.25, 0.3) is 11.6 Å². The van der Waals surface area contributed by atoms with Gasteiger partial charge in [-0.1, -0.05) is 30.3 Å². The van der Waals surface area contributed by atoms with Crippen LogP contribution < -0.4 is 4.74 Å². The fourth-order valence-electron chi connectivity index (χ4n) is 2.09. The summed E-state index contributed by atoms with van der Waals surface area (Å²) >= 11 is 7.29. The van der Waals surface area contributed by atoms with Crippen LogP contribution in [0.1, 0.15) is 12.6 Å². The van der Waals surface area contributed by atoms with E-state index in [0.29, 0.717) is 28.5 Å². The molecule has 3 aromatic rings. The summed E-state index contributed by atoms with van der Waals surface area (Å²) in [5.41, 5.74) is 1.82.